The third-order valence-corrected chi connectivity index (χ3v) is 3.57. The molecule has 0 unspecified atom stereocenters. The molecule has 1 fully saturated rings. The molecule has 5 heteroatoms. The quantitative estimate of drug-likeness (QED) is 0.372. The van der Waals surface area contributed by atoms with Gasteiger partial charge in [-0.3, -0.25) is 19.2 Å². The first-order valence-electron chi connectivity index (χ1n) is 7.51. The Kier molecular flexibility index (Phi) is 6.99. The van der Waals surface area contributed by atoms with Crippen molar-refractivity contribution in [3.63, 3.8) is 0 Å². The van der Waals surface area contributed by atoms with Gasteiger partial charge in [-0.05, 0) is 25.3 Å². The molecule has 1 aliphatic rings. The van der Waals surface area contributed by atoms with Gasteiger partial charge in [-0.2, -0.15) is 0 Å². The van der Waals surface area contributed by atoms with Crippen molar-refractivity contribution in [1.29, 1.82) is 0 Å². The van der Waals surface area contributed by atoms with Crippen LogP contribution in [0.4, 0.5) is 0 Å². The summed E-state index contributed by atoms with van der Waals surface area (Å²) >= 11 is 0. The zero-order chi connectivity index (χ0) is 15.8. The zero-order valence-electron chi connectivity index (χ0n) is 12.7. The second-order valence-corrected chi connectivity index (χ2v) is 5.49. The molecule has 21 heavy (non-hydrogen) atoms. The average Bonchev–Trinajstić information content (AvgIpc) is 2.76. The van der Waals surface area contributed by atoms with E-state index in [1.165, 1.54) is 0 Å². The number of hydrogen-bond donors (Lipinski definition) is 0. The van der Waals surface area contributed by atoms with Gasteiger partial charge in [0.2, 0.25) is 17.7 Å². The van der Waals surface area contributed by atoms with E-state index in [1.807, 2.05) is 0 Å². The number of Topliss-reactive ketones (excluding diaryl/α,β-unsaturated/α-hetero) is 1. The smallest absolute Gasteiger partial charge is 0.236 e. The highest BCUT2D eigenvalue weighted by atomic mass is 16.2. The lowest BCUT2D eigenvalue weighted by Crippen LogP contribution is -2.35. The Morgan fingerprint density at radius 2 is 1.43 bits per heavy atom. The fourth-order valence-corrected chi connectivity index (χ4v) is 2.27. The van der Waals surface area contributed by atoms with E-state index >= 15 is 0 Å². The highest BCUT2D eigenvalue weighted by Gasteiger charge is 2.33. The topological polar surface area (TPSA) is 71.5 Å². The van der Waals surface area contributed by atoms with Crippen LogP contribution >= 0.6 is 0 Å². The number of ketones is 1. The number of carbonyl (C=O) groups is 4. The van der Waals surface area contributed by atoms with Gasteiger partial charge < -0.3 is 0 Å². The number of unbranched alkanes of at least 4 members (excludes halogenated alkanes) is 4. The molecule has 1 aliphatic heterocycles. The monoisotopic (exact) mass is 293 g/mol. The van der Waals surface area contributed by atoms with Crippen LogP contribution in [0.2, 0.25) is 0 Å². The molecule has 0 atom stereocenters. The highest BCUT2D eigenvalue weighted by Crippen LogP contribution is 2.15. The minimum Gasteiger partial charge on any atom is -0.295 e. The molecule has 0 aromatic carbocycles. The molecule has 0 aliphatic carbocycles. The van der Waals surface area contributed by atoms with E-state index in [9.17, 15) is 19.2 Å². The lowest BCUT2D eigenvalue weighted by Gasteiger charge is -2.11. The fraction of sp³-hybridized carbons (Fsp3) is 0.625. The first kappa shape index (κ1) is 17.3. The van der Waals surface area contributed by atoms with Crippen molar-refractivity contribution in [1.82, 2.24) is 4.90 Å². The highest BCUT2D eigenvalue weighted by molar-refractivity contribution is 6.14. The van der Waals surface area contributed by atoms with Gasteiger partial charge in [-0.15, -0.1) is 0 Å². The summed E-state index contributed by atoms with van der Waals surface area (Å²) in [6.45, 7) is 5.32. The Morgan fingerprint density at radius 1 is 0.952 bits per heavy atom. The van der Waals surface area contributed by atoms with Crippen LogP contribution in [0.25, 0.3) is 0 Å². The van der Waals surface area contributed by atoms with Crippen molar-refractivity contribution in [3.05, 3.63) is 12.2 Å². The Labute approximate surface area is 125 Å². The minimum absolute atomic E-state index is 0.108. The molecule has 1 rings (SSSR count). The van der Waals surface area contributed by atoms with Crippen molar-refractivity contribution in [2.45, 2.75) is 64.7 Å². The van der Waals surface area contributed by atoms with E-state index in [4.69, 9.17) is 0 Å². The van der Waals surface area contributed by atoms with Crippen molar-refractivity contribution < 1.29 is 19.2 Å². The molecule has 0 bridgehead atoms. The summed E-state index contributed by atoms with van der Waals surface area (Å²) in [7, 11) is 0. The SMILES string of the molecule is C=C(C)C(=O)CCCCCCCC(=O)N1C(=O)CCC1=O. The summed E-state index contributed by atoms with van der Waals surface area (Å²) in [4.78, 5) is 46.6. The number of likely N-dealkylation sites (tertiary alicyclic amines) is 1. The van der Waals surface area contributed by atoms with E-state index < -0.39 is 0 Å². The van der Waals surface area contributed by atoms with Gasteiger partial charge in [-0.1, -0.05) is 25.8 Å². The van der Waals surface area contributed by atoms with Crippen LogP contribution < -0.4 is 0 Å². The molecule has 3 amide bonds. The van der Waals surface area contributed by atoms with Gasteiger partial charge in [0.15, 0.2) is 5.78 Å². The molecule has 0 N–H and O–H groups in total. The maximum absolute atomic E-state index is 11.7. The lowest BCUT2D eigenvalue weighted by atomic mass is 10.0. The van der Waals surface area contributed by atoms with E-state index in [0.29, 0.717) is 18.4 Å². The number of imide groups is 3. The van der Waals surface area contributed by atoms with Crippen LogP contribution in [0, 0.1) is 0 Å². The Balaban J connectivity index is 2.08. The molecule has 0 aromatic heterocycles. The number of allylic oxidation sites excluding steroid dienone is 1. The molecule has 0 spiro atoms. The van der Waals surface area contributed by atoms with Crippen LogP contribution in [0.3, 0.4) is 0 Å². The predicted molar refractivity (Wildman–Crippen MR) is 78.2 cm³/mol. The fourth-order valence-electron chi connectivity index (χ4n) is 2.27. The molecule has 116 valence electrons. The molecule has 0 saturated carbocycles. The van der Waals surface area contributed by atoms with Gasteiger partial charge in [0.1, 0.15) is 0 Å². The predicted octanol–water partition coefficient (Wildman–Crippen LogP) is 2.54. The Morgan fingerprint density at radius 3 is 1.95 bits per heavy atom. The molecule has 5 nitrogen and oxygen atoms in total. The Bertz CT molecular complexity index is 437. The largest absolute Gasteiger partial charge is 0.295 e. The molecule has 1 heterocycles. The summed E-state index contributed by atoms with van der Waals surface area (Å²) in [5, 5.41) is 0. The first-order valence-corrected chi connectivity index (χ1v) is 7.51. The number of rotatable bonds is 9. The average molecular weight is 293 g/mol. The van der Waals surface area contributed by atoms with E-state index in [-0.39, 0.29) is 42.8 Å². The van der Waals surface area contributed by atoms with Gasteiger partial charge in [0.25, 0.3) is 0 Å². The van der Waals surface area contributed by atoms with E-state index in [1.54, 1.807) is 6.92 Å². The summed E-state index contributed by atoms with van der Waals surface area (Å²) in [5.74, 6) is -1.01. The number of nitrogens with zero attached hydrogens (tertiary/aromatic N) is 1. The summed E-state index contributed by atoms with van der Waals surface area (Å²) < 4.78 is 0. The standard InChI is InChI=1S/C16H23NO4/c1-12(2)13(18)8-6-4-3-5-7-9-14(19)17-15(20)10-11-16(17)21/h1,3-11H2,2H3. The van der Waals surface area contributed by atoms with Gasteiger partial charge in [0.05, 0.1) is 0 Å². The van der Waals surface area contributed by atoms with Crippen LogP contribution in [0.5, 0.6) is 0 Å². The third kappa shape index (κ3) is 5.61. The van der Waals surface area contributed by atoms with Gasteiger partial charge in [-0.25, -0.2) is 4.90 Å². The molecular formula is C16H23NO4. The van der Waals surface area contributed by atoms with Gasteiger partial charge in [0, 0.05) is 25.7 Å². The Hall–Kier alpha value is -1.78. The molecular weight excluding hydrogens is 270 g/mol. The normalized spacial score (nSPS) is 14.6. The minimum atomic E-state index is -0.375. The molecule has 0 radical (unpaired) electrons. The first-order chi connectivity index (χ1) is 9.93. The summed E-state index contributed by atoms with van der Waals surface area (Å²) in [6, 6.07) is 0. The third-order valence-electron chi connectivity index (χ3n) is 3.57. The van der Waals surface area contributed by atoms with E-state index in [2.05, 4.69) is 6.58 Å². The van der Waals surface area contributed by atoms with Crippen LogP contribution in [-0.2, 0) is 19.2 Å². The second kappa shape index (κ2) is 8.49. The zero-order valence-corrected chi connectivity index (χ0v) is 12.7. The molecule has 0 aromatic rings. The lowest BCUT2D eigenvalue weighted by molar-refractivity contribution is -0.149. The van der Waals surface area contributed by atoms with E-state index in [0.717, 1.165) is 30.6 Å². The van der Waals surface area contributed by atoms with Crippen molar-refractivity contribution in [3.8, 4) is 0 Å². The number of amides is 3. The van der Waals surface area contributed by atoms with Gasteiger partial charge >= 0.3 is 0 Å². The van der Waals surface area contributed by atoms with Crippen LogP contribution in [0.15, 0.2) is 12.2 Å². The number of hydrogen-bond acceptors (Lipinski definition) is 4. The summed E-state index contributed by atoms with van der Waals surface area (Å²) in [6.07, 6.45) is 5.33. The van der Waals surface area contributed by atoms with Crippen LogP contribution in [0.1, 0.15) is 64.7 Å². The second-order valence-electron chi connectivity index (χ2n) is 5.49. The van der Waals surface area contributed by atoms with Crippen molar-refractivity contribution in [2.24, 2.45) is 0 Å². The maximum atomic E-state index is 11.7. The molecule has 1 saturated heterocycles. The number of carbonyl (C=O) groups excluding carboxylic acids is 4. The van der Waals surface area contributed by atoms with Crippen molar-refractivity contribution >= 4 is 23.5 Å². The van der Waals surface area contributed by atoms with Crippen LogP contribution in [-0.4, -0.2) is 28.4 Å². The summed E-state index contributed by atoms with van der Waals surface area (Å²) in [5.41, 5.74) is 0.598. The maximum Gasteiger partial charge on any atom is 0.236 e. The van der Waals surface area contributed by atoms with Crippen molar-refractivity contribution in [2.75, 3.05) is 0 Å².